The van der Waals surface area contributed by atoms with Crippen molar-refractivity contribution in [3.8, 4) is 5.75 Å². The Labute approximate surface area is 196 Å². The molecule has 170 valence electrons. The fraction of sp³-hybridized carbons (Fsp3) is 0.231. The van der Waals surface area contributed by atoms with Gasteiger partial charge in [0.15, 0.2) is 5.52 Å². The van der Waals surface area contributed by atoms with Crippen LogP contribution in [0.2, 0.25) is 0 Å². The number of nitrogens with zero attached hydrogens (tertiary/aromatic N) is 4. The number of para-hydroxylation sites is 1. The molecule has 0 spiro atoms. The number of benzene rings is 2. The molecular formula is C26H24N5O3+. The van der Waals surface area contributed by atoms with Crippen LogP contribution in [-0.2, 0) is 11.2 Å². The van der Waals surface area contributed by atoms with Gasteiger partial charge in [-0.25, -0.2) is 9.78 Å². The van der Waals surface area contributed by atoms with Crippen LogP contribution in [0.25, 0.3) is 11.0 Å². The molecule has 34 heavy (non-hydrogen) atoms. The number of anilines is 2. The van der Waals surface area contributed by atoms with Crippen LogP contribution in [0.1, 0.15) is 34.6 Å². The smallest absolute Gasteiger partial charge is 0.440 e. The van der Waals surface area contributed by atoms with Gasteiger partial charge >= 0.3 is 12.0 Å². The number of H-pyrrole nitrogens is 1. The van der Waals surface area contributed by atoms with E-state index in [1.807, 2.05) is 37.4 Å². The Bertz CT molecular complexity index is 1450. The highest BCUT2D eigenvalue weighted by Gasteiger charge is 2.31. The van der Waals surface area contributed by atoms with E-state index in [9.17, 15) is 9.59 Å². The van der Waals surface area contributed by atoms with Gasteiger partial charge in [-0.15, -0.1) is 0 Å². The fourth-order valence-electron chi connectivity index (χ4n) is 4.52. The topological polar surface area (TPSA) is 91.2 Å². The summed E-state index contributed by atoms with van der Waals surface area (Å²) in [6.45, 7) is 2.67. The van der Waals surface area contributed by atoms with Crippen LogP contribution in [0.5, 0.6) is 5.75 Å². The first kappa shape index (κ1) is 21.6. The summed E-state index contributed by atoms with van der Waals surface area (Å²) in [6, 6.07) is 12.7. The Morgan fingerprint density at radius 3 is 2.91 bits per heavy atom. The Morgan fingerprint density at radius 1 is 1.21 bits per heavy atom. The van der Waals surface area contributed by atoms with Gasteiger partial charge in [0.1, 0.15) is 17.1 Å². The highest BCUT2D eigenvalue weighted by atomic mass is 16.5. The molecule has 3 heterocycles. The minimum absolute atomic E-state index is 0.267. The standard InChI is InChI=1S/C26H24N5O3/c1-17-28-21-7-5-8-23(25(21)29-17)31(16-32)26(33)20-10-9-19(14-24(20)34-2)30-13-4-3-6-18-15-27-12-11-22(18)30/h5,7-12,14-15H,3-4,6,13H2,1-2H3,(H,28,29)/q+1. The molecule has 2 aromatic carbocycles. The van der Waals surface area contributed by atoms with Gasteiger partial charge in [0.2, 0.25) is 0 Å². The second-order valence-electron chi connectivity index (χ2n) is 8.23. The molecule has 0 fully saturated rings. The Kier molecular flexibility index (Phi) is 5.65. The molecule has 0 unspecified atom stereocenters. The third-order valence-corrected chi connectivity index (χ3v) is 6.12. The first-order chi connectivity index (χ1) is 16.6. The number of aryl methyl sites for hydroxylation is 2. The first-order valence-corrected chi connectivity index (χ1v) is 11.2. The molecule has 1 amide bonds. The molecule has 0 aliphatic carbocycles. The molecule has 4 aromatic rings. The predicted molar refractivity (Wildman–Crippen MR) is 128 cm³/mol. The van der Waals surface area contributed by atoms with E-state index >= 15 is 0 Å². The number of carbonyl (C=O) groups excluding carboxylic acids is 2. The molecule has 0 saturated carbocycles. The van der Waals surface area contributed by atoms with Crippen molar-refractivity contribution < 1.29 is 18.9 Å². The van der Waals surface area contributed by atoms with Gasteiger partial charge in [0.25, 0.3) is 5.69 Å². The lowest BCUT2D eigenvalue weighted by atomic mass is 10.1. The van der Waals surface area contributed by atoms with Crippen LogP contribution in [-0.4, -0.2) is 45.2 Å². The average molecular weight is 455 g/mol. The minimum atomic E-state index is -0.535. The number of nitrogens with one attached hydrogen (secondary N) is 1. The van der Waals surface area contributed by atoms with E-state index in [0.29, 0.717) is 22.8 Å². The number of aromatic nitrogens is 3. The van der Waals surface area contributed by atoms with Crippen LogP contribution in [0.15, 0.2) is 54.9 Å². The summed E-state index contributed by atoms with van der Waals surface area (Å²) in [6.07, 6.45) is 8.59. The largest absolute Gasteiger partial charge is 0.496 e. The molecule has 5 rings (SSSR count). The Morgan fingerprint density at radius 2 is 2.09 bits per heavy atom. The number of hydrogen-bond donors (Lipinski definition) is 1. The van der Waals surface area contributed by atoms with Crippen molar-refractivity contribution in [3.05, 3.63) is 71.8 Å². The summed E-state index contributed by atoms with van der Waals surface area (Å²) >= 11 is 0. The number of hydrogen-bond acceptors (Lipinski definition) is 6. The van der Waals surface area contributed by atoms with Crippen LogP contribution in [0.3, 0.4) is 0 Å². The van der Waals surface area contributed by atoms with Gasteiger partial charge in [-0.3, -0.25) is 4.98 Å². The van der Waals surface area contributed by atoms with Crippen molar-refractivity contribution in [2.24, 2.45) is 0 Å². The van der Waals surface area contributed by atoms with Gasteiger partial charge in [-0.1, -0.05) is 6.07 Å². The third-order valence-electron chi connectivity index (χ3n) is 6.12. The van der Waals surface area contributed by atoms with E-state index in [2.05, 4.69) is 19.9 Å². The van der Waals surface area contributed by atoms with Crippen LogP contribution < -0.4 is 9.64 Å². The highest BCUT2D eigenvalue weighted by Crippen LogP contribution is 2.35. The van der Waals surface area contributed by atoms with Crippen LogP contribution >= 0.6 is 0 Å². The van der Waals surface area contributed by atoms with E-state index in [1.54, 1.807) is 30.5 Å². The number of imidazole rings is 1. The summed E-state index contributed by atoms with van der Waals surface area (Å²) < 4.78 is 6.55. The van der Waals surface area contributed by atoms with Crippen molar-refractivity contribution in [2.75, 3.05) is 18.6 Å². The van der Waals surface area contributed by atoms with Gasteiger partial charge in [-0.05, 0) is 60.6 Å². The molecule has 0 bridgehead atoms. The molecule has 0 atom stereocenters. The number of carbonyl (C=O) groups is 1. The van der Waals surface area contributed by atoms with Crippen molar-refractivity contribution >= 4 is 40.1 Å². The zero-order valence-electron chi connectivity index (χ0n) is 19.0. The second kappa shape index (κ2) is 8.92. The molecule has 0 radical (unpaired) electrons. The summed E-state index contributed by atoms with van der Waals surface area (Å²) in [5.74, 6) is 0.538. The molecule has 1 N–H and O–H groups in total. The van der Waals surface area contributed by atoms with Crippen LogP contribution in [0.4, 0.5) is 17.1 Å². The van der Waals surface area contributed by atoms with Gasteiger partial charge in [-0.2, -0.15) is 4.79 Å². The van der Waals surface area contributed by atoms with Gasteiger partial charge in [0, 0.05) is 42.4 Å². The third kappa shape index (κ3) is 3.74. The van der Waals surface area contributed by atoms with Crippen LogP contribution in [0, 0.1) is 6.92 Å². The minimum Gasteiger partial charge on any atom is -0.496 e. The summed E-state index contributed by atoms with van der Waals surface area (Å²) in [7, 11) is 1.52. The Balaban J connectivity index is 1.55. The maximum atomic E-state index is 13.5. The number of aromatic amines is 1. The Hall–Kier alpha value is -4.29. The quantitative estimate of drug-likeness (QED) is 0.276. The highest BCUT2D eigenvalue weighted by molar-refractivity contribution is 5.97. The number of methoxy groups -OCH3 is 1. The predicted octanol–water partition coefficient (Wildman–Crippen LogP) is 4.57. The van der Waals surface area contributed by atoms with E-state index in [0.717, 1.165) is 47.3 Å². The maximum absolute atomic E-state index is 13.5. The average Bonchev–Trinajstić information content (AvgIpc) is 3.12. The van der Waals surface area contributed by atoms with Crippen molar-refractivity contribution in [1.82, 2.24) is 15.0 Å². The molecule has 1 aliphatic heterocycles. The molecule has 8 nitrogen and oxygen atoms in total. The number of amides is 1. The molecule has 2 aromatic heterocycles. The monoisotopic (exact) mass is 454 g/mol. The maximum Gasteiger partial charge on any atom is 0.440 e. The zero-order valence-corrected chi connectivity index (χ0v) is 19.0. The number of fused-ring (bicyclic) bond motifs is 2. The lowest BCUT2D eigenvalue weighted by molar-refractivity contribution is -0.330. The number of ether oxygens (including phenoxy) is 1. The molecule has 8 heteroatoms. The number of pyridine rings is 1. The van der Waals surface area contributed by atoms with Crippen molar-refractivity contribution in [1.29, 1.82) is 0 Å². The van der Waals surface area contributed by atoms with Crippen molar-refractivity contribution in [2.45, 2.75) is 26.2 Å². The summed E-state index contributed by atoms with van der Waals surface area (Å²) in [5, 5.41) is 0. The van der Waals surface area contributed by atoms with E-state index in [4.69, 9.17) is 4.74 Å². The SMILES string of the molecule is COc1cc(N2CCCCc3cnccc32)ccc1C(=O)[N+](=C=O)c1cccc2[nH]c(C)nc12. The first-order valence-electron chi connectivity index (χ1n) is 11.2. The molecule has 1 aliphatic rings. The van der Waals surface area contributed by atoms with E-state index < -0.39 is 5.91 Å². The lowest BCUT2D eigenvalue weighted by Gasteiger charge is -2.25. The van der Waals surface area contributed by atoms with E-state index in [1.165, 1.54) is 12.7 Å². The second-order valence-corrected chi connectivity index (χ2v) is 8.23. The molecular weight excluding hydrogens is 430 g/mol. The summed E-state index contributed by atoms with van der Waals surface area (Å²) in [5.41, 5.74) is 5.11. The lowest BCUT2D eigenvalue weighted by Crippen LogP contribution is -2.20. The van der Waals surface area contributed by atoms with Crippen molar-refractivity contribution in [3.63, 3.8) is 0 Å². The normalized spacial score (nSPS) is 13.2. The van der Waals surface area contributed by atoms with Gasteiger partial charge < -0.3 is 14.6 Å². The van der Waals surface area contributed by atoms with Gasteiger partial charge in [0.05, 0.1) is 12.6 Å². The number of isocyanates is 1. The molecule has 0 saturated heterocycles. The fourth-order valence-corrected chi connectivity index (χ4v) is 4.52. The number of rotatable bonds is 4. The summed E-state index contributed by atoms with van der Waals surface area (Å²) in [4.78, 5) is 39.5. The van der Waals surface area contributed by atoms with E-state index in [-0.39, 0.29) is 5.56 Å². The zero-order chi connectivity index (χ0) is 23.7.